The number of carboxylic acids is 1. The summed E-state index contributed by atoms with van der Waals surface area (Å²) in [7, 11) is 0. The van der Waals surface area contributed by atoms with E-state index >= 15 is 0 Å². The Labute approximate surface area is 107 Å². The Bertz CT molecular complexity index is 766. The number of carbonyl (C=O) groups is 1. The highest BCUT2D eigenvalue weighted by molar-refractivity contribution is 5.83. The molecule has 0 aliphatic carbocycles. The van der Waals surface area contributed by atoms with Gasteiger partial charge >= 0.3 is 5.97 Å². The number of fused-ring (bicyclic) bond motifs is 1. The molecule has 7 nitrogen and oxygen atoms in total. The Hall–Kier alpha value is -2.83. The summed E-state index contributed by atoms with van der Waals surface area (Å²) in [5, 5.41) is 12.9. The molecule has 1 N–H and O–H groups in total. The Morgan fingerprint density at radius 1 is 1.26 bits per heavy atom. The summed E-state index contributed by atoms with van der Waals surface area (Å²) >= 11 is 0. The fourth-order valence-electron chi connectivity index (χ4n) is 1.81. The monoisotopic (exact) mass is 255 g/mol. The largest absolute Gasteiger partial charge is 0.475 e. The summed E-state index contributed by atoms with van der Waals surface area (Å²) in [5.41, 5.74) is 2.33. The molecule has 7 heteroatoms. The summed E-state index contributed by atoms with van der Waals surface area (Å²) in [6.07, 6.45) is 3.32. The van der Waals surface area contributed by atoms with Crippen LogP contribution in [-0.2, 0) is 0 Å². The lowest BCUT2D eigenvalue weighted by atomic mass is 10.2. The van der Waals surface area contributed by atoms with E-state index in [-0.39, 0.29) is 11.6 Å². The van der Waals surface area contributed by atoms with E-state index in [1.807, 2.05) is 25.1 Å². The quantitative estimate of drug-likeness (QED) is 0.739. The minimum atomic E-state index is -1.18. The maximum Gasteiger partial charge on any atom is 0.375 e. The van der Waals surface area contributed by atoms with Crippen molar-refractivity contribution < 1.29 is 9.90 Å². The van der Waals surface area contributed by atoms with E-state index in [4.69, 9.17) is 5.11 Å². The van der Waals surface area contributed by atoms with E-state index in [0.29, 0.717) is 0 Å². The Morgan fingerprint density at radius 3 is 2.68 bits per heavy atom. The number of carboxylic acid groups (broad SMARTS) is 1. The van der Waals surface area contributed by atoms with Gasteiger partial charge in [-0.15, -0.1) is 5.10 Å². The van der Waals surface area contributed by atoms with Crippen molar-refractivity contribution >= 4 is 11.7 Å². The van der Waals surface area contributed by atoms with Crippen LogP contribution in [0.4, 0.5) is 0 Å². The van der Waals surface area contributed by atoms with Gasteiger partial charge < -0.3 is 5.11 Å². The third-order valence-corrected chi connectivity index (χ3v) is 2.61. The predicted molar refractivity (Wildman–Crippen MR) is 65.7 cm³/mol. The molecule has 0 saturated carbocycles. The molecule has 0 unspecified atom stereocenters. The van der Waals surface area contributed by atoms with E-state index in [9.17, 15) is 4.79 Å². The number of hydrogen-bond donors (Lipinski definition) is 1. The maximum atomic E-state index is 10.9. The van der Waals surface area contributed by atoms with Crippen LogP contribution in [0.1, 0.15) is 16.3 Å². The number of rotatable bonds is 2. The molecule has 3 rings (SSSR count). The topological polar surface area (TPSA) is 93.3 Å². The molecule has 0 spiro atoms. The van der Waals surface area contributed by atoms with Crippen LogP contribution in [0.5, 0.6) is 0 Å². The molecule has 0 aliphatic rings. The Morgan fingerprint density at radius 2 is 2.00 bits per heavy atom. The summed E-state index contributed by atoms with van der Waals surface area (Å²) in [4.78, 5) is 22.9. The SMILES string of the molecule is Cc1cc(-c2ccncc2)n2nc(C(=O)O)nc2n1. The minimum absolute atomic E-state index is 0.268. The normalized spacial score (nSPS) is 10.8. The van der Waals surface area contributed by atoms with Gasteiger partial charge in [-0.1, -0.05) is 0 Å². The highest BCUT2D eigenvalue weighted by atomic mass is 16.4. The van der Waals surface area contributed by atoms with E-state index < -0.39 is 5.97 Å². The van der Waals surface area contributed by atoms with Gasteiger partial charge in [0.2, 0.25) is 0 Å². The van der Waals surface area contributed by atoms with Gasteiger partial charge in [-0.3, -0.25) is 4.98 Å². The van der Waals surface area contributed by atoms with E-state index in [2.05, 4.69) is 20.1 Å². The van der Waals surface area contributed by atoms with Crippen LogP contribution in [0.2, 0.25) is 0 Å². The Balaban J connectivity index is 2.32. The predicted octanol–water partition coefficient (Wildman–Crippen LogP) is 1.19. The first-order valence-electron chi connectivity index (χ1n) is 5.53. The molecule has 3 heterocycles. The van der Waals surface area contributed by atoms with Crippen molar-refractivity contribution in [3.05, 3.63) is 42.1 Å². The number of pyridine rings is 1. The van der Waals surface area contributed by atoms with Crippen molar-refractivity contribution in [3.63, 3.8) is 0 Å². The van der Waals surface area contributed by atoms with E-state index in [0.717, 1.165) is 17.0 Å². The number of aryl methyl sites for hydroxylation is 1. The van der Waals surface area contributed by atoms with Gasteiger partial charge in [0.25, 0.3) is 11.6 Å². The molecule has 0 atom stereocenters. The van der Waals surface area contributed by atoms with Crippen molar-refractivity contribution in [2.45, 2.75) is 6.92 Å². The van der Waals surface area contributed by atoms with Gasteiger partial charge in [-0.05, 0) is 25.1 Å². The second kappa shape index (κ2) is 4.13. The van der Waals surface area contributed by atoms with Gasteiger partial charge in [-0.25, -0.2) is 9.78 Å². The second-order valence-corrected chi connectivity index (χ2v) is 3.97. The molecule has 0 amide bonds. The van der Waals surface area contributed by atoms with E-state index in [1.165, 1.54) is 4.52 Å². The van der Waals surface area contributed by atoms with Gasteiger partial charge in [0.1, 0.15) is 0 Å². The lowest BCUT2D eigenvalue weighted by molar-refractivity contribution is 0.0684. The first-order chi connectivity index (χ1) is 9.15. The standard InChI is InChI=1S/C12H9N5O2/c1-7-6-9(8-2-4-13-5-3-8)17-12(14-7)15-10(16-17)11(18)19/h2-6H,1H3,(H,18,19). The molecule has 0 fully saturated rings. The average Bonchev–Trinajstić information content (AvgIpc) is 2.82. The zero-order chi connectivity index (χ0) is 13.4. The molecule has 0 bridgehead atoms. The first kappa shape index (κ1) is 11.3. The van der Waals surface area contributed by atoms with Crippen molar-refractivity contribution in [1.29, 1.82) is 0 Å². The zero-order valence-corrected chi connectivity index (χ0v) is 9.98. The summed E-state index contributed by atoms with van der Waals surface area (Å²) in [6.45, 7) is 1.82. The third-order valence-electron chi connectivity index (χ3n) is 2.61. The molecule has 3 aromatic rings. The van der Waals surface area contributed by atoms with Crippen LogP contribution < -0.4 is 0 Å². The van der Waals surface area contributed by atoms with Crippen molar-refractivity contribution in [1.82, 2.24) is 24.6 Å². The maximum absolute atomic E-state index is 10.9. The molecular weight excluding hydrogens is 246 g/mol. The van der Waals surface area contributed by atoms with E-state index in [1.54, 1.807) is 12.4 Å². The van der Waals surface area contributed by atoms with Crippen molar-refractivity contribution in [2.24, 2.45) is 0 Å². The highest BCUT2D eigenvalue weighted by Crippen LogP contribution is 2.19. The summed E-state index contributed by atoms with van der Waals surface area (Å²) in [6, 6.07) is 5.45. The smallest absolute Gasteiger partial charge is 0.375 e. The first-order valence-corrected chi connectivity index (χ1v) is 5.53. The molecule has 94 valence electrons. The van der Waals surface area contributed by atoms with Gasteiger partial charge in [0, 0.05) is 23.7 Å². The second-order valence-electron chi connectivity index (χ2n) is 3.97. The highest BCUT2D eigenvalue weighted by Gasteiger charge is 2.15. The molecule has 0 aliphatic heterocycles. The molecule has 19 heavy (non-hydrogen) atoms. The Kier molecular flexibility index (Phi) is 2.45. The van der Waals surface area contributed by atoms with Crippen LogP contribution in [0.3, 0.4) is 0 Å². The van der Waals surface area contributed by atoms with Crippen LogP contribution in [0.15, 0.2) is 30.6 Å². The fraction of sp³-hybridized carbons (Fsp3) is 0.0833. The summed E-state index contributed by atoms with van der Waals surface area (Å²) in [5.74, 6) is -1.18. The van der Waals surface area contributed by atoms with Crippen LogP contribution in [0, 0.1) is 6.92 Å². The van der Waals surface area contributed by atoms with Gasteiger partial charge in [-0.2, -0.15) is 9.50 Å². The minimum Gasteiger partial charge on any atom is -0.475 e. The molecule has 0 radical (unpaired) electrons. The third kappa shape index (κ3) is 1.90. The molecule has 0 aromatic carbocycles. The van der Waals surface area contributed by atoms with Gasteiger partial charge in [0.05, 0.1) is 5.69 Å². The number of aromatic nitrogens is 5. The van der Waals surface area contributed by atoms with Crippen molar-refractivity contribution in [2.75, 3.05) is 0 Å². The summed E-state index contributed by atoms with van der Waals surface area (Å²) < 4.78 is 1.42. The number of nitrogens with zero attached hydrogens (tertiary/aromatic N) is 5. The molecule has 0 saturated heterocycles. The van der Waals surface area contributed by atoms with Crippen LogP contribution >= 0.6 is 0 Å². The number of aromatic carboxylic acids is 1. The lowest BCUT2D eigenvalue weighted by Crippen LogP contribution is -2.01. The average molecular weight is 255 g/mol. The number of hydrogen-bond acceptors (Lipinski definition) is 5. The van der Waals surface area contributed by atoms with Crippen molar-refractivity contribution in [3.8, 4) is 11.3 Å². The van der Waals surface area contributed by atoms with Crippen LogP contribution in [0.25, 0.3) is 17.0 Å². The molecule has 3 aromatic heterocycles. The fourth-order valence-corrected chi connectivity index (χ4v) is 1.81. The van der Waals surface area contributed by atoms with Gasteiger partial charge in [0.15, 0.2) is 0 Å². The lowest BCUT2D eigenvalue weighted by Gasteiger charge is -2.04. The molecular formula is C12H9N5O2. The van der Waals surface area contributed by atoms with Crippen LogP contribution in [-0.4, -0.2) is 35.6 Å². The zero-order valence-electron chi connectivity index (χ0n) is 9.98.